The zero-order valence-corrected chi connectivity index (χ0v) is 11.9. The van der Waals surface area contributed by atoms with E-state index >= 15 is 0 Å². The van der Waals surface area contributed by atoms with Crippen molar-refractivity contribution in [2.24, 2.45) is 5.92 Å². The first-order chi connectivity index (χ1) is 9.07. The van der Waals surface area contributed by atoms with Crippen LogP contribution in [0.3, 0.4) is 0 Å². The summed E-state index contributed by atoms with van der Waals surface area (Å²) in [6.45, 7) is 4.26. The largest absolute Gasteiger partial charge is 0.457 e. The second-order valence-electron chi connectivity index (χ2n) is 5.57. The number of hydrogen-bond donors (Lipinski definition) is 0. The molecule has 3 nitrogen and oxygen atoms in total. The molecule has 1 aromatic carbocycles. The molecule has 19 heavy (non-hydrogen) atoms. The first kappa shape index (κ1) is 14.1. The van der Waals surface area contributed by atoms with E-state index in [1.165, 1.54) is 18.2 Å². The van der Waals surface area contributed by atoms with Gasteiger partial charge in [0.1, 0.15) is 12.2 Å². The first-order valence-corrected chi connectivity index (χ1v) is 6.85. The van der Waals surface area contributed by atoms with Gasteiger partial charge in [0.05, 0.1) is 0 Å². The van der Waals surface area contributed by atoms with Crippen LogP contribution in [0.25, 0.3) is 0 Å². The minimum Gasteiger partial charge on any atom is -0.457 e. The van der Waals surface area contributed by atoms with E-state index < -0.39 is 0 Å². The monoisotopic (exact) mass is 262 g/mol. The summed E-state index contributed by atoms with van der Waals surface area (Å²) in [5.41, 5.74) is 2.29. The highest BCUT2D eigenvalue weighted by molar-refractivity contribution is 5.71. The number of benzene rings is 1. The van der Waals surface area contributed by atoms with Gasteiger partial charge in [0.15, 0.2) is 0 Å². The van der Waals surface area contributed by atoms with E-state index in [1.807, 2.05) is 6.07 Å². The third kappa shape index (κ3) is 2.98. The predicted molar refractivity (Wildman–Crippen MR) is 74.0 cm³/mol. The fraction of sp³-hybridized carbons (Fsp3) is 0.562. The van der Waals surface area contributed by atoms with Crippen molar-refractivity contribution in [1.29, 1.82) is 0 Å². The molecule has 0 radical (unpaired) electrons. The Hall–Kier alpha value is -1.35. The Morgan fingerprint density at radius 2 is 2.00 bits per heavy atom. The van der Waals surface area contributed by atoms with E-state index in [4.69, 9.17) is 9.47 Å². The van der Waals surface area contributed by atoms with Crippen LogP contribution >= 0.6 is 0 Å². The van der Waals surface area contributed by atoms with Crippen LogP contribution in [0.4, 0.5) is 0 Å². The van der Waals surface area contributed by atoms with Crippen LogP contribution in [0.15, 0.2) is 24.3 Å². The number of carbonyl (C=O) groups excluding carboxylic acids is 1. The second kappa shape index (κ2) is 5.74. The fourth-order valence-corrected chi connectivity index (χ4v) is 2.80. The highest BCUT2D eigenvalue weighted by atomic mass is 16.6. The zero-order valence-electron chi connectivity index (χ0n) is 11.9. The van der Waals surface area contributed by atoms with Crippen LogP contribution in [0, 0.1) is 5.92 Å². The maximum absolute atomic E-state index is 11.8. The lowest BCUT2D eigenvalue weighted by molar-refractivity contribution is -0.171. The molecule has 1 atom stereocenters. The molecular weight excluding hydrogens is 240 g/mol. The summed E-state index contributed by atoms with van der Waals surface area (Å²) in [7, 11) is 1.51. The van der Waals surface area contributed by atoms with Crippen molar-refractivity contribution in [2.45, 2.75) is 38.7 Å². The Morgan fingerprint density at radius 1 is 1.32 bits per heavy atom. The van der Waals surface area contributed by atoms with E-state index in [1.54, 1.807) is 0 Å². The zero-order chi connectivity index (χ0) is 13.9. The lowest BCUT2D eigenvalue weighted by Gasteiger charge is -2.41. The molecule has 0 amide bonds. The van der Waals surface area contributed by atoms with Crippen LogP contribution in [0.2, 0.25) is 0 Å². The van der Waals surface area contributed by atoms with E-state index in [2.05, 4.69) is 32.0 Å². The van der Waals surface area contributed by atoms with Crippen molar-refractivity contribution in [3.05, 3.63) is 35.4 Å². The third-order valence-electron chi connectivity index (χ3n) is 4.06. The first-order valence-electron chi connectivity index (χ1n) is 6.85. The lowest BCUT2D eigenvalue weighted by atomic mass is 9.74. The van der Waals surface area contributed by atoms with Crippen molar-refractivity contribution < 1.29 is 14.3 Å². The number of fused-ring (bicyclic) bond motifs is 1. The van der Waals surface area contributed by atoms with Gasteiger partial charge in [-0.05, 0) is 29.9 Å². The number of carbonyl (C=O) groups is 1. The molecule has 0 spiro atoms. The van der Waals surface area contributed by atoms with Gasteiger partial charge < -0.3 is 9.47 Å². The molecule has 0 aliphatic heterocycles. The van der Waals surface area contributed by atoms with Gasteiger partial charge in [0.25, 0.3) is 0 Å². The summed E-state index contributed by atoms with van der Waals surface area (Å²) >= 11 is 0. The number of methoxy groups -OCH3 is 1. The van der Waals surface area contributed by atoms with Crippen molar-refractivity contribution in [2.75, 3.05) is 13.7 Å². The number of hydrogen-bond acceptors (Lipinski definition) is 3. The SMILES string of the molecule is COCC(=O)OC1(C(C)C)CCc2ccccc2C1. The Morgan fingerprint density at radius 3 is 2.63 bits per heavy atom. The molecule has 1 unspecified atom stereocenters. The third-order valence-corrected chi connectivity index (χ3v) is 4.06. The number of rotatable bonds is 4. The Kier molecular flexibility index (Phi) is 4.25. The predicted octanol–water partition coefficient (Wildman–Crippen LogP) is 2.76. The molecule has 0 saturated heterocycles. The molecule has 0 saturated carbocycles. The summed E-state index contributed by atoms with van der Waals surface area (Å²) in [6, 6.07) is 8.41. The average Bonchev–Trinajstić information content (AvgIpc) is 2.38. The van der Waals surface area contributed by atoms with Gasteiger partial charge in [-0.3, -0.25) is 0 Å². The van der Waals surface area contributed by atoms with Crippen LogP contribution in [0.5, 0.6) is 0 Å². The van der Waals surface area contributed by atoms with Crippen molar-refractivity contribution in [3.63, 3.8) is 0 Å². The molecule has 0 heterocycles. The maximum atomic E-state index is 11.8. The standard InChI is InChI=1S/C16H22O3/c1-12(2)16(19-15(17)11-18-3)9-8-13-6-4-5-7-14(13)10-16/h4-7,12H,8-11H2,1-3H3. The molecule has 0 N–H and O–H groups in total. The summed E-state index contributed by atoms with van der Waals surface area (Å²) in [5.74, 6) is 0.0252. The van der Waals surface area contributed by atoms with Crippen LogP contribution in [0.1, 0.15) is 31.4 Å². The molecule has 1 aliphatic rings. The van der Waals surface area contributed by atoms with Gasteiger partial charge in [-0.15, -0.1) is 0 Å². The van der Waals surface area contributed by atoms with Crippen LogP contribution in [-0.2, 0) is 27.1 Å². The molecule has 0 fully saturated rings. The lowest BCUT2D eigenvalue weighted by Crippen LogP contribution is -2.46. The smallest absolute Gasteiger partial charge is 0.332 e. The second-order valence-corrected chi connectivity index (χ2v) is 5.57. The van der Waals surface area contributed by atoms with Crippen LogP contribution in [-0.4, -0.2) is 25.3 Å². The minimum atomic E-state index is -0.385. The molecule has 104 valence electrons. The maximum Gasteiger partial charge on any atom is 0.332 e. The summed E-state index contributed by atoms with van der Waals surface area (Å²) in [5, 5.41) is 0. The Bertz CT molecular complexity index is 453. The van der Waals surface area contributed by atoms with E-state index in [9.17, 15) is 4.79 Å². The van der Waals surface area contributed by atoms with Gasteiger partial charge in [0.2, 0.25) is 0 Å². The number of aryl methyl sites for hydroxylation is 1. The van der Waals surface area contributed by atoms with E-state index in [-0.39, 0.29) is 18.2 Å². The Balaban J connectivity index is 2.21. The molecule has 1 aromatic rings. The Labute approximate surface area is 114 Å². The van der Waals surface area contributed by atoms with Crippen molar-refractivity contribution >= 4 is 5.97 Å². The molecule has 0 bridgehead atoms. The van der Waals surface area contributed by atoms with E-state index in [0.29, 0.717) is 5.92 Å². The molecular formula is C16H22O3. The fourth-order valence-electron chi connectivity index (χ4n) is 2.80. The van der Waals surface area contributed by atoms with Gasteiger partial charge in [-0.25, -0.2) is 4.79 Å². The number of esters is 1. The van der Waals surface area contributed by atoms with E-state index in [0.717, 1.165) is 19.3 Å². The van der Waals surface area contributed by atoms with Gasteiger partial charge in [-0.1, -0.05) is 38.1 Å². The molecule has 3 heteroatoms. The summed E-state index contributed by atoms with van der Waals surface area (Å²) in [6.07, 6.45) is 2.65. The van der Waals surface area contributed by atoms with Crippen molar-refractivity contribution in [1.82, 2.24) is 0 Å². The normalized spacial score (nSPS) is 22.1. The molecule has 1 aliphatic carbocycles. The summed E-state index contributed by atoms with van der Waals surface area (Å²) < 4.78 is 10.6. The van der Waals surface area contributed by atoms with Gasteiger partial charge in [-0.2, -0.15) is 0 Å². The quantitative estimate of drug-likeness (QED) is 0.783. The average molecular weight is 262 g/mol. The summed E-state index contributed by atoms with van der Waals surface area (Å²) in [4.78, 5) is 11.8. The van der Waals surface area contributed by atoms with Crippen molar-refractivity contribution in [3.8, 4) is 0 Å². The minimum absolute atomic E-state index is 0.0239. The number of ether oxygens (including phenoxy) is 2. The van der Waals surface area contributed by atoms with Gasteiger partial charge >= 0.3 is 5.97 Å². The van der Waals surface area contributed by atoms with Crippen LogP contribution < -0.4 is 0 Å². The molecule has 0 aromatic heterocycles. The molecule has 2 rings (SSSR count). The highest BCUT2D eigenvalue weighted by Crippen LogP contribution is 2.37. The van der Waals surface area contributed by atoms with Gasteiger partial charge in [0, 0.05) is 13.5 Å². The highest BCUT2D eigenvalue weighted by Gasteiger charge is 2.40. The topological polar surface area (TPSA) is 35.5 Å².